The molecule has 17 heavy (non-hydrogen) atoms. The molecule has 2 amide bonds. The molecule has 1 heterocycles. The second kappa shape index (κ2) is 5.05. The monoisotopic (exact) mass is 235 g/mol. The van der Waals surface area contributed by atoms with Crippen LogP contribution in [0.4, 0.5) is 4.79 Å². The van der Waals surface area contributed by atoms with Gasteiger partial charge in [-0.2, -0.15) is 0 Å². The van der Waals surface area contributed by atoms with Gasteiger partial charge in [0.2, 0.25) is 0 Å². The molecule has 2 N–H and O–H groups in total. The lowest BCUT2D eigenvalue weighted by Crippen LogP contribution is -2.52. The van der Waals surface area contributed by atoms with Crippen molar-refractivity contribution in [2.24, 2.45) is 5.84 Å². The molecule has 0 unspecified atom stereocenters. The summed E-state index contributed by atoms with van der Waals surface area (Å²) in [5, 5.41) is 1.27. The van der Waals surface area contributed by atoms with E-state index in [2.05, 4.69) is 0 Å². The number of benzene rings is 1. The summed E-state index contributed by atoms with van der Waals surface area (Å²) in [7, 11) is 1.63. The first-order chi connectivity index (χ1) is 8.20. The Morgan fingerprint density at radius 2 is 2.24 bits per heavy atom. The second-order valence-corrected chi connectivity index (χ2v) is 4.10. The Hall–Kier alpha value is -1.75. The van der Waals surface area contributed by atoms with Crippen LogP contribution in [0.2, 0.25) is 0 Å². The van der Waals surface area contributed by atoms with Crippen molar-refractivity contribution in [2.75, 3.05) is 20.2 Å². The minimum Gasteiger partial charge on any atom is -0.497 e. The zero-order chi connectivity index (χ0) is 12.3. The topological polar surface area (TPSA) is 58.8 Å². The number of nitrogens with zero attached hydrogens (tertiary/aromatic N) is 2. The lowest BCUT2D eigenvalue weighted by atomic mass is 10.2. The van der Waals surface area contributed by atoms with E-state index < -0.39 is 0 Å². The molecule has 0 aliphatic carbocycles. The van der Waals surface area contributed by atoms with Crippen molar-refractivity contribution in [2.45, 2.75) is 13.0 Å². The van der Waals surface area contributed by atoms with Crippen molar-refractivity contribution in [3.8, 4) is 5.75 Å². The van der Waals surface area contributed by atoms with Crippen LogP contribution in [0.15, 0.2) is 24.3 Å². The highest BCUT2D eigenvalue weighted by Crippen LogP contribution is 2.16. The first kappa shape index (κ1) is 11.7. The number of hydrazine groups is 1. The molecular formula is C12H17N3O2. The van der Waals surface area contributed by atoms with Crippen LogP contribution in [0, 0.1) is 0 Å². The van der Waals surface area contributed by atoms with Gasteiger partial charge in [0, 0.05) is 19.6 Å². The average molecular weight is 235 g/mol. The van der Waals surface area contributed by atoms with Crippen molar-refractivity contribution in [3.05, 3.63) is 29.8 Å². The maximum atomic E-state index is 11.8. The van der Waals surface area contributed by atoms with E-state index in [1.54, 1.807) is 12.0 Å². The smallest absolute Gasteiger partial charge is 0.334 e. The van der Waals surface area contributed by atoms with E-state index in [0.29, 0.717) is 13.1 Å². The van der Waals surface area contributed by atoms with Gasteiger partial charge in [-0.25, -0.2) is 10.6 Å². The summed E-state index contributed by atoms with van der Waals surface area (Å²) in [6, 6.07) is 7.60. The molecule has 1 aromatic rings. The fourth-order valence-corrected chi connectivity index (χ4v) is 1.94. The van der Waals surface area contributed by atoms with E-state index in [1.165, 1.54) is 5.01 Å². The Balaban J connectivity index is 2.06. The summed E-state index contributed by atoms with van der Waals surface area (Å²) in [6.45, 7) is 1.96. The number of carbonyl (C=O) groups excluding carboxylic acids is 1. The van der Waals surface area contributed by atoms with E-state index in [1.807, 2.05) is 24.3 Å². The molecule has 0 atom stereocenters. The third-order valence-corrected chi connectivity index (χ3v) is 2.85. The number of hydrogen-bond donors (Lipinski definition) is 1. The average Bonchev–Trinajstić information content (AvgIpc) is 2.35. The van der Waals surface area contributed by atoms with E-state index >= 15 is 0 Å². The van der Waals surface area contributed by atoms with Gasteiger partial charge in [0.25, 0.3) is 0 Å². The van der Waals surface area contributed by atoms with Gasteiger partial charge in [0.15, 0.2) is 0 Å². The van der Waals surface area contributed by atoms with Crippen LogP contribution in [0.5, 0.6) is 5.75 Å². The molecular weight excluding hydrogens is 218 g/mol. The minimum atomic E-state index is -0.112. The maximum Gasteiger partial charge on any atom is 0.334 e. The number of methoxy groups -OCH3 is 1. The minimum absolute atomic E-state index is 0.112. The molecule has 92 valence electrons. The van der Waals surface area contributed by atoms with E-state index in [4.69, 9.17) is 10.6 Å². The first-order valence-electron chi connectivity index (χ1n) is 5.65. The van der Waals surface area contributed by atoms with Gasteiger partial charge in [0.1, 0.15) is 5.75 Å². The Morgan fingerprint density at radius 3 is 3.00 bits per heavy atom. The lowest BCUT2D eigenvalue weighted by molar-refractivity contribution is 0.127. The number of rotatable bonds is 3. The van der Waals surface area contributed by atoms with Crippen molar-refractivity contribution in [3.63, 3.8) is 0 Å². The summed E-state index contributed by atoms with van der Waals surface area (Å²) >= 11 is 0. The fraction of sp³-hybridized carbons (Fsp3) is 0.417. The zero-order valence-corrected chi connectivity index (χ0v) is 9.93. The van der Waals surface area contributed by atoms with Crippen LogP contribution in [0.25, 0.3) is 0 Å². The summed E-state index contributed by atoms with van der Waals surface area (Å²) < 4.78 is 5.15. The van der Waals surface area contributed by atoms with Gasteiger partial charge in [-0.1, -0.05) is 12.1 Å². The van der Waals surface area contributed by atoms with Crippen LogP contribution in [0.3, 0.4) is 0 Å². The van der Waals surface area contributed by atoms with Crippen LogP contribution in [-0.2, 0) is 6.54 Å². The van der Waals surface area contributed by atoms with Gasteiger partial charge >= 0.3 is 6.03 Å². The molecule has 1 fully saturated rings. The zero-order valence-electron chi connectivity index (χ0n) is 9.93. The van der Waals surface area contributed by atoms with Crippen molar-refractivity contribution >= 4 is 6.03 Å². The lowest BCUT2D eigenvalue weighted by Gasteiger charge is -2.32. The highest BCUT2D eigenvalue weighted by molar-refractivity contribution is 5.74. The fourth-order valence-electron chi connectivity index (χ4n) is 1.94. The largest absolute Gasteiger partial charge is 0.497 e. The van der Waals surface area contributed by atoms with Gasteiger partial charge < -0.3 is 9.64 Å². The molecule has 1 aliphatic rings. The standard InChI is InChI=1S/C12H17N3O2/c1-17-11-5-2-4-10(8-11)9-14-6-3-7-15(13)12(14)16/h2,4-5,8H,3,6-7,9,13H2,1H3. The van der Waals surface area contributed by atoms with Gasteiger partial charge in [-0.3, -0.25) is 5.01 Å². The summed E-state index contributed by atoms with van der Waals surface area (Å²) in [6.07, 6.45) is 0.909. The molecule has 0 radical (unpaired) electrons. The predicted octanol–water partition coefficient (Wildman–Crippen LogP) is 1.20. The van der Waals surface area contributed by atoms with Crippen LogP contribution >= 0.6 is 0 Å². The molecule has 0 spiro atoms. The summed E-state index contributed by atoms with van der Waals surface area (Å²) in [5.41, 5.74) is 1.05. The Bertz CT molecular complexity index is 408. The van der Waals surface area contributed by atoms with E-state index in [9.17, 15) is 4.79 Å². The number of carbonyl (C=O) groups is 1. The van der Waals surface area contributed by atoms with Gasteiger partial charge in [-0.05, 0) is 24.1 Å². The molecule has 2 rings (SSSR count). The van der Waals surface area contributed by atoms with Crippen molar-refractivity contribution in [1.29, 1.82) is 0 Å². The predicted molar refractivity (Wildman–Crippen MR) is 64.3 cm³/mol. The number of hydrogen-bond acceptors (Lipinski definition) is 3. The Labute approximate surface area is 101 Å². The molecule has 0 bridgehead atoms. The quantitative estimate of drug-likeness (QED) is 0.632. The molecule has 0 saturated carbocycles. The maximum absolute atomic E-state index is 11.8. The highest BCUT2D eigenvalue weighted by Gasteiger charge is 2.23. The Morgan fingerprint density at radius 1 is 1.41 bits per heavy atom. The number of nitrogens with two attached hydrogens (primary N) is 1. The SMILES string of the molecule is COc1cccc(CN2CCCN(N)C2=O)c1. The third-order valence-electron chi connectivity index (χ3n) is 2.85. The second-order valence-electron chi connectivity index (χ2n) is 4.10. The highest BCUT2D eigenvalue weighted by atomic mass is 16.5. The normalized spacial score (nSPS) is 16.2. The number of amides is 2. The van der Waals surface area contributed by atoms with Gasteiger partial charge in [-0.15, -0.1) is 0 Å². The summed E-state index contributed by atoms with van der Waals surface area (Å²) in [4.78, 5) is 13.5. The molecule has 1 aliphatic heterocycles. The van der Waals surface area contributed by atoms with Crippen LogP contribution < -0.4 is 10.6 Å². The third kappa shape index (κ3) is 2.68. The Kier molecular flexibility index (Phi) is 3.49. The molecule has 1 aromatic carbocycles. The van der Waals surface area contributed by atoms with Crippen LogP contribution in [-0.4, -0.2) is 36.1 Å². The number of urea groups is 1. The van der Waals surface area contributed by atoms with E-state index in [-0.39, 0.29) is 6.03 Å². The van der Waals surface area contributed by atoms with Crippen LogP contribution in [0.1, 0.15) is 12.0 Å². The van der Waals surface area contributed by atoms with Crippen molar-refractivity contribution in [1.82, 2.24) is 9.91 Å². The van der Waals surface area contributed by atoms with Gasteiger partial charge in [0.05, 0.1) is 7.11 Å². The van der Waals surface area contributed by atoms with E-state index in [0.717, 1.165) is 24.3 Å². The van der Waals surface area contributed by atoms with Crippen molar-refractivity contribution < 1.29 is 9.53 Å². The first-order valence-corrected chi connectivity index (χ1v) is 5.65. The summed E-state index contributed by atoms with van der Waals surface area (Å²) in [5.74, 6) is 6.40. The molecule has 5 nitrogen and oxygen atoms in total. The molecule has 1 saturated heterocycles. The molecule has 0 aromatic heterocycles. The number of ether oxygens (including phenoxy) is 1. The molecule has 5 heteroatoms.